The minimum Gasteiger partial charge on any atom is -0.508 e. The number of benzene rings is 2. The molecule has 0 saturated carbocycles. The van der Waals surface area contributed by atoms with Gasteiger partial charge in [-0.3, -0.25) is 14.5 Å². The van der Waals surface area contributed by atoms with E-state index in [1.165, 1.54) is 13.1 Å². The fourth-order valence-electron chi connectivity index (χ4n) is 2.21. The molecule has 0 aliphatic carbocycles. The predicted octanol–water partition coefficient (Wildman–Crippen LogP) is 1.77. The van der Waals surface area contributed by atoms with Crippen LogP contribution in [0.2, 0.25) is 0 Å². The van der Waals surface area contributed by atoms with Crippen LogP contribution in [0.25, 0.3) is 10.8 Å². The maximum atomic E-state index is 12.0. The van der Waals surface area contributed by atoms with Crippen molar-refractivity contribution in [3.8, 4) is 5.75 Å². The summed E-state index contributed by atoms with van der Waals surface area (Å²) in [7, 11) is 1.44. The topological polar surface area (TPSA) is 57.6 Å². The number of imide groups is 1. The SMILES string of the molecule is CN1C(=O)c2cccc3cc(O)cc(c23)C1=O. The average Bonchev–Trinajstić information content (AvgIpc) is 2.32. The summed E-state index contributed by atoms with van der Waals surface area (Å²) in [6.07, 6.45) is 0. The summed E-state index contributed by atoms with van der Waals surface area (Å²) in [5.41, 5.74) is 0.873. The van der Waals surface area contributed by atoms with Crippen molar-refractivity contribution in [3.63, 3.8) is 0 Å². The smallest absolute Gasteiger partial charge is 0.261 e. The van der Waals surface area contributed by atoms with E-state index in [9.17, 15) is 14.7 Å². The largest absolute Gasteiger partial charge is 0.508 e. The number of phenolic OH excluding ortho intramolecular Hbond substituents is 1. The number of amides is 2. The van der Waals surface area contributed by atoms with E-state index in [1.807, 2.05) is 0 Å². The highest BCUT2D eigenvalue weighted by atomic mass is 16.3. The van der Waals surface area contributed by atoms with E-state index in [1.54, 1.807) is 24.3 Å². The molecule has 0 unspecified atom stereocenters. The molecule has 2 aromatic carbocycles. The molecule has 0 atom stereocenters. The van der Waals surface area contributed by atoms with Gasteiger partial charge < -0.3 is 5.11 Å². The molecule has 2 aromatic rings. The molecule has 0 saturated heterocycles. The number of rotatable bonds is 0. The number of hydrogen-bond donors (Lipinski definition) is 1. The second-order valence-electron chi connectivity index (χ2n) is 4.07. The molecule has 17 heavy (non-hydrogen) atoms. The zero-order valence-electron chi connectivity index (χ0n) is 9.10. The Labute approximate surface area is 97.1 Å². The molecular weight excluding hydrogens is 218 g/mol. The number of nitrogens with zero attached hydrogens (tertiary/aromatic N) is 1. The highest BCUT2D eigenvalue weighted by molar-refractivity contribution is 6.25. The van der Waals surface area contributed by atoms with Crippen molar-refractivity contribution in [2.75, 3.05) is 7.05 Å². The minimum absolute atomic E-state index is 0.0285. The van der Waals surface area contributed by atoms with Crippen LogP contribution in [0.4, 0.5) is 0 Å². The third-order valence-corrected chi connectivity index (χ3v) is 3.03. The van der Waals surface area contributed by atoms with Gasteiger partial charge in [-0.15, -0.1) is 0 Å². The number of phenols is 1. The van der Waals surface area contributed by atoms with Crippen LogP contribution in [-0.4, -0.2) is 28.9 Å². The molecule has 0 spiro atoms. The zero-order valence-corrected chi connectivity index (χ0v) is 9.10. The van der Waals surface area contributed by atoms with Crippen molar-refractivity contribution in [1.29, 1.82) is 0 Å². The van der Waals surface area contributed by atoms with Gasteiger partial charge >= 0.3 is 0 Å². The summed E-state index contributed by atoms with van der Waals surface area (Å²) in [6, 6.07) is 8.15. The summed E-state index contributed by atoms with van der Waals surface area (Å²) >= 11 is 0. The molecular formula is C13H9NO3. The first kappa shape index (κ1) is 9.84. The van der Waals surface area contributed by atoms with Crippen molar-refractivity contribution in [1.82, 2.24) is 4.90 Å². The maximum Gasteiger partial charge on any atom is 0.261 e. The zero-order chi connectivity index (χ0) is 12.2. The lowest BCUT2D eigenvalue weighted by atomic mass is 9.94. The molecule has 84 valence electrons. The van der Waals surface area contributed by atoms with Crippen molar-refractivity contribution in [2.24, 2.45) is 0 Å². The molecule has 1 aliphatic rings. The number of carbonyl (C=O) groups is 2. The summed E-state index contributed by atoms with van der Waals surface area (Å²) in [5, 5.41) is 10.9. The van der Waals surface area contributed by atoms with Gasteiger partial charge in [-0.05, 0) is 23.6 Å². The van der Waals surface area contributed by atoms with Gasteiger partial charge in [-0.25, -0.2) is 0 Å². The van der Waals surface area contributed by atoms with Gasteiger partial charge in [0.15, 0.2) is 0 Å². The van der Waals surface area contributed by atoms with Crippen LogP contribution in [0.1, 0.15) is 20.7 Å². The first-order chi connectivity index (χ1) is 8.09. The fraction of sp³-hybridized carbons (Fsp3) is 0.0769. The van der Waals surface area contributed by atoms with E-state index in [4.69, 9.17) is 0 Å². The molecule has 4 nitrogen and oxygen atoms in total. The quantitative estimate of drug-likeness (QED) is 0.698. The van der Waals surface area contributed by atoms with Gasteiger partial charge in [0.25, 0.3) is 11.8 Å². The third kappa shape index (κ3) is 1.18. The van der Waals surface area contributed by atoms with Crippen molar-refractivity contribution in [2.45, 2.75) is 0 Å². The maximum absolute atomic E-state index is 12.0. The van der Waals surface area contributed by atoms with E-state index in [0.29, 0.717) is 21.9 Å². The second kappa shape index (κ2) is 3.07. The van der Waals surface area contributed by atoms with Crippen LogP contribution in [0.3, 0.4) is 0 Å². The average molecular weight is 227 g/mol. The van der Waals surface area contributed by atoms with E-state index in [2.05, 4.69) is 0 Å². The second-order valence-corrected chi connectivity index (χ2v) is 4.07. The van der Waals surface area contributed by atoms with Crippen LogP contribution >= 0.6 is 0 Å². The van der Waals surface area contributed by atoms with Gasteiger partial charge in [0.2, 0.25) is 0 Å². The molecule has 0 fully saturated rings. The Morgan fingerprint density at radius 2 is 1.76 bits per heavy atom. The fourth-order valence-corrected chi connectivity index (χ4v) is 2.21. The first-order valence-electron chi connectivity index (χ1n) is 5.17. The molecule has 1 aliphatic heterocycles. The number of carbonyl (C=O) groups excluding carboxylic acids is 2. The van der Waals surface area contributed by atoms with Crippen molar-refractivity contribution in [3.05, 3.63) is 41.5 Å². The van der Waals surface area contributed by atoms with Crippen LogP contribution in [0.15, 0.2) is 30.3 Å². The van der Waals surface area contributed by atoms with E-state index >= 15 is 0 Å². The van der Waals surface area contributed by atoms with Gasteiger partial charge in [0, 0.05) is 18.0 Å². The van der Waals surface area contributed by atoms with Gasteiger partial charge in [-0.1, -0.05) is 12.1 Å². The Kier molecular flexibility index (Phi) is 1.78. The lowest BCUT2D eigenvalue weighted by Crippen LogP contribution is -2.36. The van der Waals surface area contributed by atoms with Crippen LogP contribution in [0, 0.1) is 0 Å². The third-order valence-electron chi connectivity index (χ3n) is 3.03. The Morgan fingerprint density at radius 3 is 2.53 bits per heavy atom. The van der Waals surface area contributed by atoms with E-state index in [-0.39, 0.29) is 17.6 Å². The molecule has 0 aromatic heterocycles. The summed E-state index contributed by atoms with van der Waals surface area (Å²) in [5.74, 6) is -0.658. The predicted molar refractivity (Wildman–Crippen MR) is 62.0 cm³/mol. The van der Waals surface area contributed by atoms with Gasteiger partial charge in [0.05, 0.1) is 5.56 Å². The van der Waals surface area contributed by atoms with Gasteiger partial charge in [0.1, 0.15) is 5.75 Å². The van der Waals surface area contributed by atoms with E-state index in [0.717, 1.165) is 4.90 Å². The molecule has 0 radical (unpaired) electrons. The van der Waals surface area contributed by atoms with Crippen LogP contribution in [0.5, 0.6) is 5.75 Å². The van der Waals surface area contributed by atoms with E-state index < -0.39 is 0 Å². The van der Waals surface area contributed by atoms with Crippen LogP contribution in [-0.2, 0) is 0 Å². The molecule has 0 bridgehead atoms. The van der Waals surface area contributed by atoms with Crippen molar-refractivity contribution >= 4 is 22.6 Å². The molecule has 3 rings (SSSR count). The standard InChI is InChI=1S/C13H9NO3/c1-14-12(16)9-4-2-3-7-5-8(15)6-10(11(7)9)13(14)17/h2-6,15H,1H3. The monoisotopic (exact) mass is 227 g/mol. The Hall–Kier alpha value is -2.36. The highest BCUT2D eigenvalue weighted by Crippen LogP contribution is 2.32. The lowest BCUT2D eigenvalue weighted by Gasteiger charge is -2.23. The summed E-state index contributed by atoms with van der Waals surface area (Å²) in [6.45, 7) is 0. The Bertz CT molecular complexity index is 676. The molecule has 2 amide bonds. The molecule has 4 heteroatoms. The lowest BCUT2D eigenvalue weighted by molar-refractivity contribution is 0.0650. The molecule has 1 N–H and O–H groups in total. The molecule has 1 heterocycles. The van der Waals surface area contributed by atoms with Crippen molar-refractivity contribution < 1.29 is 14.7 Å². The Morgan fingerprint density at radius 1 is 1.06 bits per heavy atom. The van der Waals surface area contributed by atoms with Gasteiger partial charge in [-0.2, -0.15) is 0 Å². The summed E-state index contributed by atoms with van der Waals surface area (Å²) in [4.78, 5) is 25.0. The highest BCUT2D eigenvalue weighted by Gasteiger charge is 2.30. The minimum atomic E-state index is -0.380. The number of aromatic hydroxyl groups is 1. The summed E-state index contributed by atoms with van der Waals surface area (Å²) < 4.78 is 0. The first-order valence-corrected chi connectivity index (χ1v) is 5.17. The Balaban J connectivity index is 2.53. The van der Waals surface area contributed by atoms with Crippen LogP contribution < -0.4 is 0 Å². The normalized spacial score (nSPS) is 14.5. The number of hydrogen-bond acceptors (Lipinski definition) is 3.